The summed E-state index contributed by atoms with van der Waals surface area (Å²) in [7, 11) is -3.55. The molecule has 1 aliphatic heterocycles. The van der Waals surface area contributed by atoms with Crippen LogP contribution in [0.25, 0.3) is 0 Å². The summed E-state index contributed by atoms with van der Waals surface area (Å²) >= 11 is 0. The Morgan fingerprint density at radius 3 is 2.22 bits per heavy atom. The van der Waals surface area contributed by atoms with Gasteiger partial charge in [-0.2, -0.15) is 4.31 Å². The topological polar surface area (TPSA) is 72.6 Å². The summed E-state index contributed by atoms with van der Waals surface area (Å²) in [5.74, 6) is 0.333. The van der Waals surface area contributed by atoms with Gasteiger partial charge in [0.2, 0.25) is 10.0 Å². The maximum Gasteiger partial charge on any atom is 0.248 e. The van der Waals surface area contributed by atoms with Crippen molar-refractivity contribution in [1.29, 1.82) is 0 Å². The zero-order valence-electron chi connectivity index (χ0n) is 11.0. The van der Waals surface area contributed by atoms with Gasteiger partial charge in [0.05, 0.1) is 12.2 Å². The van der Waals surface area contributed by atoms with E-state index in [0.29, 0.717) is 24.5 Å². The van der Waals surface area contributed by atoms with Crippen molar-refractivity contribution in [3.63, 3.8) is 0 Å². The molecule has 2 unspecified atom stereocenters. The van der Waals surface area contributed by atoms with Crippen LogP contribution in [0.2, 0.25) is 0 Å². The Labute approximate surface area is 107 Å². The van der Waals surface area contributed by atoms with Crippen molar-refractivity contribution in [2.75, 3.05) is 13.1 Å². The van der Waals surface area contributed by atoms with Crippen LogP contribution in [0.1, 0.15) is 25.3 Å². The van der Waals surface area contributed by atoms with E-state index in [-0.39, 0.29) is 17.1 Å². The highest BCUT2D eigenvalue weighted by Gasteiger charge is 2.35. The number of aromatic nitrogens is 1. The Hall–Kier alpha value is -0.920. The van der Waals surface area contributed by atoms with Gasteiger partial charge in [0.1, 0.15) is 10.6 Å². The predicted octanol–water partition coefficient (Wildman–Crippen LogP) is 1.09. The van der Waals surface area contributed by atoms with Gasteiger partial charge in [-0.3, -0.25) is 0 Å². The Morgan fingerprint density at radius 2 is 1.78 bits per heavy atom. The summed E-state index contributed by atoms with van der Waals surface area (Å²) in [6.07, 6.45) is -0.215. The molecule has 1 aromatic heterocycles. The molecule has 0 aliphatic carbocycles. The number of morpholine rings is 1. The van der Waals surface area contributed by atoms with Crippen LogP contribution in [0.15, 0.2) is 9.42 Å². The van der Waals surface area contributed by atoms with Crippen LogP contribution in [-0.2, 0) is 14.8 Å². The van der Waals surface area contributed by atoms with Gasteiger partial charge in [-0.05, 0) is 27.7 Å². The second-order valence-corrected chi connectivity index (χ2v) is 6.61. The lowest BCUT2D eigenvalue weighted by atomic mass is 10.3. The molecule has 0 saturated carbocycles. The van der Waals surface area contributed by atoms with E-state index >= 15 is 0 Å². The molecule has 18 heavy (non-hydrogen) atoms. The molecule has 6 nitrogen and oxygen atoms in total. The molecule has 7 heteroatoms. The molecule has 1 saturated heterocycles. The average molecular weight is 274 g/mol. The highest BCUT2D eigenvalue weighted by molar-refractivity contribution is 7.89. The molecular weight excluding hydrogens is 256 g/mol. The molecule has 0 radical (unpaired) electrons. The fourth-order valence-electron chi connectivity index (χ4n) is 2.30. The first-order valence-corrected chi connectivity index (χ1v) is 7.35. The monoisotopic (exact) mass is 274 g/mol. The van der Waals surface area contributed by atoms with E-state index in [9.17, 15) is 8.42 Å². The molecule has 0 spiro atoms. The van der Waals surface area contributed by atoms with Crippen LogP contribution in [0, 0.1) is 13.8 Å². The predicted molar refractivity (Wildman–Crippen MR) is 64.7 cm³/mol. The standard InChI is InChI=1S/C11H18N2O4S/c1-7-5-13(6-8(2)16-7)18(14,15)11-9(3)12-17-10(11)4/h7-8H,5-6H2,1-4H3. The molecule has 1 aromatic rings. The number of rotatable bonds is 2. The van der Waals surface area contributed by atoms with Gasteiger partial charge in [-0.25, -0.2) is 8.42 Å². The highest BCUT2D eigenvalue weighted by atomic mass is 32.2. The number of ether oxygens (including phenoxy) is 1. The SMILES string of the molecule is Cc1noc(C)c1S(=O)(=O)N1CC(C)OC(C)C1. The summed E-state index contributed by atoms with van der Waals surface area (Å²) in [6.45, 7) is 7.70. The van der Waals surface area contributed by atoms with Gasteiger partial charge in [0, 0.05) is 13.1 Å². The zero-order chi connectivity index (χ0) is 13.5. The number of hydrogen-bond donors (Lipinski definition) is 0. The quantitative estimate of drug-likeness (QED) is 0.807. The second kappa shape index (κ2) is 4.64. The molecule has 2 heterocycles. The van der Waals surface area contributed by atoms with E-state index in [1.54, 1.807) is 13.8 Å². The Kier molecular flexibility index (Phi) is 3.48. The maximum absolute atomic E-state index is 12.6. The lowest BCUT2D eigenvalue weighted by Gasteiger charge is -2.34. The fourth-order valence-corrected chi connectivity index (χ4v) is 4.18. The molecule has 0 N–H and O–H groups in total. The normalized spacial score (nSPS) is 26.4. The molecule has 1 fully saturated rings. The third-order valence-electron chi connectivity index (χ3n) is 2.95. The van der Waals surface area contributed by atoms with E-state index in [1.165, 1.54) is 4.31 Å². The van der Waals surface area contributed by atoms with Crippen molar-refractivity contribution < 1.29 is 17.7 Å². The summed E-state index contributed by atoms with van der Waals surface area (Å²) < 4.78 is 37.0. The minimum atomic E-state index is -3.55. The number of nitrogens with zero attached hydrogens (tertiary/aromatic N) is 2. The Bertz CT molecular complexity index is 508. The van der Waals surface area contributed by atoms with Gasteiger partial charge in [0.25, 0.3) is 0 Å². The first-order chi connectivity index (χ1) is 8.32. The minimum Gasteiger partial charge on any atom is -0.373 e. The van der Waals surface area contributed by atoms with Crippen LogP contribution < -0.4 is 0 Å². The highest BCUT2D eigenvalue weighted by Crippen LogP contribution is 2.25. The van der Waals surface area contributed by atoms with E-state index in [1.807, 2.05) is 13.8 Å². The van der Waals surface area contributed by atoms with Gasteiger partial charge in [0.15, 0.2) is 5.76 Å². The lowest BCUT2D eigenvalue weighted by molar-refractivity contribution is -0.0441. The van der Waals surface area contributed by atoms with Crippen molar-refractivity contribution in [3.05, 3.63) is 11.5 Å². The Morgan fingerprint density at radius 1 is 1.22 bits per heavy atom. The lowest BCUT2D eigenvalue weighted by Crippen LogP contribution is -2.48. The molecule has 0 amide bonds. The first-order valence-electron chi connectivity index (χ1n) is 5.91. The minimum absolute atomic E-state index is 0.107. The van der Waals surface area contributed by atoms with Gasteiger partial charge in [-0.15, -0.1) is 0 Å². The molecule has 2 rings (SSSR count). The van der Waals surface area contributed by atoms with Gasteiger partial charge < -0.3 is 9.26 Å². The number of sulfonamides is 1. The third kappa shape index (κ3) is 2.30. The molecular formula is C11H18N2O4S. The van der Waals surface area contributed by atoms with Gasteiger partial charge in [-0.1, -0.05) is 5.16 Å². The van der Waals surface area contributed by atoms with Crippen LogP contribution in [-0.4, -0.2) is 43.2 Å². The van der Waals surface area contributed by atoms with E-state index < -0.39 is 10.0 Å². The summed E-state index contributed by atoms with van der Waals surface area (Å²) in [6, 6.07) is 0. The largest absolute Gasteiger partial charge is 0.373 e. The molecule has 0 aromatic carbocycles. The van der Waals surface area contributed by atoms with E-state index in [4.69, 9.17) is 9.26 Å². The maximum atomic E-state index is 12.6. The van der Waals surface area contributed by atoms with E-state index in [2.05, 4.69) is 5.16 Å². The molecule has 2 atom stereocenters. The molecule has 102 valence electrons. The second-order valence-electron chi connectivity index (χ2n) is 4.73. The van der Waals surface area contributed by atoms with Crippen LogP contribution in [0.4, 0.5) is 0 Å². The van der Waals surface area contributed by atoms with Crippen molar-refractivity contribution in [3.8, 4) is 0 Å². The molecule has 0 bridgehead atoms. The van der Waals surface area contributed by atoms with Crippen molar-refractivity contribution in [2.45, 2.75) is 44.8 Å². The summed E-state index contributed by atoms with van der Waals surface area (Å²) in [5, 5.41) is 3.70. The van der Waals surface area contributed by atoms with Crippen LogP contribution in [0.3, 0.4) is 0 Å². The van der Waals surface area contributed by atoms with Crippen molar-refractivity contribution in [2.24, 2.45) is 0 Å². The summed E-state index contributed by atoms with van der Waals surface area (Å²) in [4.78, 5) is 0.184. The van der Waals surface area contributed by atoms with Crippen molar-refractivity contribution in [1.82, 2.24) is 9.46 Å². The number of aryl methyl sites for hydroxylation is 2. The summed E-state index contributed by atoms with van der Waals surface area (Å²) in [5.41, 5.74) is 0.402. The van der Waals surface area contributed by atoms with Gasteiger partial charge >= 0.3 is 0 Å². The van der Waals surface area contributed by atoms with E-state index in [0.717, 1.165) is 0 Å². The third-order valence-corrected chi connectivity index (χ3v) is 5.03. The smallest absolute Gasteiger partial charge is 0.248 e. The average Bonchev–Trinajstić information content (AvgIpc) is 2.57. The van der Waals surface area contributed by atoms with Crippen LogP contribution >= 0.6 is 0 Å². The van der Waals surface area contributed by atoms with Crippen LogP contribution in [0.5, 0.6) is 0 Å². The molecule has 1 aliphatic rings. The fraction of sp³-hybridized carbons (Fsp3) is 0.727. The number of hydrogen-bond acceptors (Lipinski definition) is 5. The zero-order valence-corrected chi connectivity index (χ0v) is 11.8. The van der Waals surface area contributed by atoms with Crippen molar-refractivity contribution >= 4 is 10.0 Å². The Balaban J connectivity index is 2.37. The first kappa shape index (κ1) is 13.5.